The highest BCUT2D eigenvalue weighted by atomic mass is 16.7. The van der Waals surface area contributed by atoms with E-state index in [9.17, 15) is 24.3 Å². The molecule has 13 nitrogen and oxygen atoms in total. The molecule has 2 saturated heterocycles. The molecule has 2 aromatic rings. The highest BCUT2D eigenvalue weighted by molar-refractivity contribution is 6.39. The van der Waals surface area contributed by atoms with E-state index in [4.69, 9.17) is 23.7 Å². The number of aryl methyl sites for hydroxylation is 1. The summed E-state index contributed by atoms with van der Waals surface area (Å²) in [4.78, 5) is 58.7. The molecule has 1 aromatic heterocycles. The van der Waals surface area contributed by atoms with Crippen molar-refractivity contribution < 1.29 is 48.0 Å². The van der Waals surface area contributed by atoms with Crippen molar-refractivity contribution in [3.63, 3.8) is 0 Å². The average molecular weight is 916 g/mol. The maximum absolute atomic E-state index is 14.6. The number of rotatable bonds is 9. The molecule has 13 unspecified atom stereocenters. The Labute approximate surface area is 392 Å². The second kappa shape index (κ2) is 22.8. The Morgan fingerprint density at radius 3 is 2.39 bits per heavy atom. The second-order valence-electron chi connectivity index (χ2n) is 20.0. The normalized spacial score (nSPS) is 35.1. The number of anilines is 1. The molecule has 0 radical (unpaired) electrons. The maximum Gasteiger partial charge on any atom is 0.329 e. The van der Waals surface area contributed by atoms with Gasteiger partial charge >= 0.3 is 5.97 Å². The number of amides is 1. The minimum atomic E-state index is -2.48. The van der Waals surface area contributed by atoms with E-state index < -0.39 is 59.8 Å². The number of ether oxygens (including phenoxy) is 5. The topological polar surface area (TPSA) is 155 Å². The lowest BCUT2D eigenvalue weighted by Gasteiger charge is -2.47. The number of nitrogens with zero attached hydrogens (tertiary/aromatic N) is 2. The van der Waals surface area contributed by atoms with Crippen molar-refractivity contribution in [2.24, 2.45) is 36.6 Å². The zero-order valence-electron chi connectivity index (χ0n) is 41.0. The summed E-state index contributed by atoms with van der Waals surface area (Å²) >= 11 is 0. The van der Waals surface area contributed by atoms with Crippen LogP contribution in [0.4, 0.5) is 5.69 Å². The summed E-state index contributed by atoms with van der Waals surface area (Å²) in [5.41, 5.74) is 4.13. The smallest absolute Gasteiger partial charge is 0.329 e. The van der Waals surface area contributed by atoms with Gasteiger partial charge in [0.1, 0.15) is 24.0 Å². The van der Waals surface area contributed by atoms with Crippen molar-refractivity contribution in [3.05, 3.63) is 66.4 Å². The Hall–Kier alpha value is -4.14. The number of nitrogens with one attached hydrogen (secondary N) is 1. The van der Waals surface area contributed by atoms with E-state index in [1.54, 1.807) is 34.3 Å². The number of methoxy groups -OCH3 is 3. The number of aliphatic hydroxyl groups is 1. The summed E-state index contributed by atoms with van der Waals surface area (Å²) in [7, 11) is 6.90. The van der Waals surface area contributed by atoms with E-state index in [1.807, 2.05) is 33.9 Å². The van der Waals surface area contributed by atoms with Crippen LogP contribution < -0.4 is 5.32 Å². The SMILES string of the molecule is C=CCC1C=C(C)CC(C)CC(OC)C2OC(O)(C(=O)C(=O)N3CCCCC3C(=O)OC(C(C)=CC3CCC(Nc4ccc5c(ccn5C)c4)C(OC)C3)C(C)CCC1=O)C(C)CC2OC. The number of hydrogen-bond acceptors (Lipinski definition) is 11. The third kappa shape index (κ3) is 11.7. The summed E-state index contributed by atoms with van der Waals surface area (Å²) in [6.45, 7) is 13.9. The molecule has 1 aromatic carbocycles. The Balaban J connectivity index is 1.29. The van der Waals surface area contributed by atoms with Crippen LogP contribution >= 0.6 is 0 Å². The van der Waals surface area contributed by atoms with Gasteiger partial charge in [0.05, 0.1) is 24.4 Å². The monoisotopic (exact) mass is 916 g/mol. The molecule has 0 spiro atoms. The van der Waals surface area contributed by atoms with Gasteiger partial charge in [-0.15, -0.1) is 6.58 Å². The van der Waals surface area contributed by atoms with Gasteiger partial charge in [-0.05, 0) is 132 Å². The fraction of sp³-hybridized carbons (Fsp3) is 0.660. The Kier molecular flexibility index (Phi) is 17.7. The number of esters is 1. The molecule has 3 aliphatic heterocycles. The van der Waals surface area contributed by atoms with E-state index in [2.05, 4.69) is 59.9 Å². The van der Waals surface area contributed by atoms with E-state index in [1.165, 1.54) is 15.8 Å². The zero-order chi connectivity index (χ0) is 47.9. The minimum absolute atomic E-state index is 0.0635. The van der Waals surface area contributed by atoms with Crippen LogP contribution in [0.5, 0.6) is 0 Å². The molecule has 13 heteroatoms. The van der Waals surface area contributed by atoms with Gasteiger partial charge in [0, 0.05) is 76.0 Å². The van der Waals surface area contributed by atoms with Crippen molar-refractivity contribution in [2.75, 3.05) is 33.2 Å². The lowest BCUT2D eigenvalue weighted by Crippen LogP contribution is -2.64. The molecule has 2 N–H and O–H groups in total. The van der Waals surface area contributed by atoms with E-state index in [-0.39, 0.29) is 61.0 Å². The number of allylic oxidation sites excluding steroid dienone is 4. The van der Waals surface area contributed by atoms with E-state index in [0.29, 0.717) is 44.9 Å². The molecule has 4 heterocycles. The summed E-state index contributed by atoms with van der Waals surface area (Å²) in [5.74, 6) is -6.32. The third-order valence-corrected chi connectivity index (χ3v) is 15.0. The Bertz CT molecular complexity index is 2090. The summed E-state index contributed by atoms with van der Waals surface area (Å²) in [6.07, 6.45) is 12.0. The van der Waals surface area contributed by atoms with Crippen molar-refractivity contribution in [2.45, 2.75) is 160 Å². The highest BCUT2D eigenvalue weighted by Crippen LogP contribution is 2.39. The van der Waals surface area contributed by atoms with Crippen LogP contribution in [0.1, 0.15) is 112 Å². The largest absolute Gasteiger partial charge is 0.456 e. The first kappa shape index (κ1) is 51.3. The predicted octanol–water partition coefficient (Wildman–Crippen LogP) is 8.28. The number of hydrogen-bond donors (Lipinski definition) is 2. The van der Waals surface area contributed by atoms with Crippen LogP contribution in [0.15, 0.2) is 66.4 Å². The standard InChI is InChI=1S/C53H77N3O10/c1-11-14-39-26-32(2)25-33(3)27-46(63-9)49-47(64-10)29-36(6)53(61,66-49)50(58)51(59)56-23-13-12-15-43(56)52(60)65-48(34(4)16-21-44(39)57)35(5)28-37-17-19-41(45(30-37)62-8)54-40-18-20-42-38(31-40)22-24-55(42)7/h11,18,20,22,24,26,28,31,33-34,36-37,39,41,43,45-49,54,61H,1,12-17,19,21,23,25,27,29-30H2,2-10H3. The van der Waals surface area contributed by atoms with Crippen molar-refractivity contribution in [3.8, 4) is 0 Å². The highest BCUT2D eigenvalue weighted by Gasteiger charge is 2.56. The van der Waals surface area contributed by atoms with Crippen LogP contribution in [0, 0.1) is 29.6 Å². The van der Waals surface area contributed by atoms with Gasteiger partial charge in [0.15, 0.2) is 0 Å². The van der Waals surface area contributed by atoms with E-state index in [0.717, 1.165) is 36.1 Å². The molecule has 1 amide bonds. The fourth-order valence-corrected chi connectivity index (χ4v) is 11.2. The molecule has 3 fully saturated rings. The summed E-state index contributed by atoms with van der Waals surface area (Å²) in [5, 5.41) is 17.1. The van der Waals surface area contributed by atoms with Crippen LogP contribution in [0.3, 0.4) is 0 Å². The van der Waals surface area contributed by atoms with Crippen molar-refractivity contribution in [1.82, 2.24) is 9.47 Å². The number of carbonyl (C=O) groups excluding carboxylic acids is 4. The van der Waals surface area contributed by atoms with Crippen LogP contribution in [0.2, 0.25) is 0 Å². The Morgan fingerprint density at radius 2 is 1.68 bits per heavy atom. The molecule has 1 aliphatic carbocycles. The molecule has 1 saturated carbocycles. The van der Waals surface area contributed by atoms with Gasteiger partial charge in [0.25, 0.3) is 11.7 Å². The molecule has 2 bridgehead atoms. The number of Topliss-reactive ketones (excluding diaryl/α,β-unsaturated/α-hetero) is 2. The lowest BCUT2D eigenvalue weighted by atomic mass is 9.81. The molecule has 6 rings (SSSR count). The summed E-state index contributed by atoms with van der Waals surface area (Å²) < 4.78 is 32.9. The molecular formula is C53H77N3O10. The Morgan fingerprint density at radius 1 is 0.955 bits per heavy atom. The average Bonchev–Trinajstić information content (AvgIpc) is 3.68. The van der Waals surface area contributed by atoms with Crippen LogP contribution in [-0.4, -0.2) is 114 Å². The summed E-state index contributed by atoms with van der Waals surface area (Å²) in [6, 6.07) is 7.58. The predicted molar refractivity (Wildman–Crippen MR) is 256 cm³/mol. The first-order chi connectivity index (χ1) is 31.5. The number of aromatic nitrogens is 1. The number of piperidine rings is 1. The lowest BCUT2D eigenvalue weighted by molar-refractivity contribution is -0.302. The third-order valence-electron chi connectivity index (χ3n) is 15.0. The number of fused-ring (bicyclic) bond motifs is 4. The van der Waals surface area contributed by atoms with Crippen molar-refractivity contribution >= 4 is 40.0 Å². The van der Waals surface area contributed by atoms with Gasteiger partial charge in [-0.2, -0.15) is 0 Å². The number of carbonyl (C=O) groups is 4. The van der Waals surface area contributed by atoms with Gasteiger partial charge in [-0.25, -0.2) is 4.79 Å². The minimum Gasteiger partial charge on any atom is -0.456 e. The number of benzene rings is 1. The molecule has 13 atom stereocenters. The first-order valence-corrected chi connectivity index (χ1v) is 24.4. The number of ketones is 2. The first-order valence-electron chi connectivity index (χ1n) is 24.4. The fourth-order valence-electron chi connectivity index (χ4n) is 11.2. The van der Waals surface area contributed by atoms with E-state index >= 15 is 0 Å². The molecular weight excluding hydrogens is 839 g/mol. The van der Waals surface area contributed by atoms with Crippen LogP contribution in [0.25, 0.3) is 10.9 Å². The van der Waals surface area contributed by atoms with Gasteiger partial charge in [-0.1, -0.05) is 44.6 Å². The second-order valence-corrected chi connectivity index (χ2v) is 20.0. The van der Waals surface area contributed by atoms with Gasteiger partial charge in [0.2, 0.25) is 5.79 Å². The molecule has 4 aliphatic rings. The number of cyclic esters (lactones) is 1. The quantitative estimate of drug-likeness (QED) is 0.142. The molecule has 364 valence electrons. The zero-order valence-corrected chi connectivity index (χ0v) is 41.0. The van der Waals surface area contributed by atoms with Gasteiger partial charge < -0.3 is 43.6 Å². The maximum atomic E-state index is 14.6. The molecule has 66 heavy (non-hydrogen) atoms. The van der Waals surface area contributed by atoms with Gasteiger partial charge in [-0.3, -0.25) is 14.4 Å². The van der Waals surface area contributed by atoms with Crippen LogP contribution in [-0.2, 0) is 49.9 Å². The van der Waals surface area contributed by atoms with Crippen molar-refractivity contribution in [1.29, 1.82) is 0 Å².